The number of carbonyl (C=O) groups excluding carboxylic acids is 2. The molecule has 2 aromatic carbocycles. The quantitative estimate of drug-likeness (QED) is 0.444. The normalized spacial score (nSPS) is 10.4. The Morgan fingerprint density at radius 2 is 1.62 bits per heavy atom. The van der Waals surface area contributed by atoms with E-state index in [-0.39, 0.29) is 11.8 Å². The number of thiophene rings is 1. The van der Waals surface area contributed by atoms with Crippen LogP contribution in [0.2, 0.25) is 0 Å². The molecule has 0 aliphatic carbocycles. The lowest BCUT2D eigenvalue weighted by Gasteiger charge is -2.12. The van der Waals surface area contributed by atoms with Gasteiger partial charge in [-0.3, -0.25) is 9.59 Å². The number of benzene rings is 2. The van der Waals surface area contributed by atoms with Crippen molar-refractivity contribution >= 4 is 34.5 Å². The number of anilines is 2. The van der Waals surface area contributed by atoms with Crippen molar-refractivity contribution in [1.82, 2.24) is 14.8 Å². The van der Waals surface area contributed by atoms with Crippen molar-refractivity contribution < 1.29 is 19.1 Å². The first-order chi connectivity index (χ1) is 15.6. The maximum Gasteiger partial charge on any atom is 0.265 e. The van der Waals surface area contributed by atoms with Crippen molar-refractivity contribution in [3.8, 4) is 17.2 Å². The highest BCUT2D eigenvalue weighted by Crippen LogP contribution is 2.35. The third-order valence-electron chi connectivity index (χ3n) is 4.51. The SMILES string of the molecule is COc1cccc(NC(=O)c2ccc(C(=O)Nc3ccc(-n4cncn4)cc3)s2)c1OC. The Bertz CT molecular complexity index is 1240. The second-order valence-electron chi connectivity index (χ2n) is 6.50. The van der Waals surface area contributed by atoms with Crippen LogP contribution >= 0.6 is 11.3 Å². The number of aromatic nitrogens is 3. The van der Waals surface area contributed by atoms with Crippen molar-refractivity contribution in [3.05, 3.63) is 77.0 Å². The van der Waals surface area contributed by atoms with Crippen molar-refractivity contribution in [3.63, 3.8) is 0 Å². The fourth-order valence-corrected chi connectivity index (χ4v) is 3.78. The van der Waals surface area contributed by atoms with E-state index >= 15 is 0 Å². The van der Waals surface area contributed by atoms with Gasteiger partial charge in [-0.15, -0.1) is 11.3 Å². The molecule has 0 bridgehead atoms. The van der Waals surface area contributed by atoms with Crippen LogP contribution in [-0.4, -0.2) is 40.8 Å². The first kappa shape index (κ1) is 21.1. The first-order valence-electron chi connectivity index (χ1n) is 9.47. The second-order valence-corrected chi connectivity index (χ2v) is 7.58. The van der Waals surface area contributed by atoms with Crippen LogP contribution in [-0.2, 0) is 0 Å². The van der Waals surface area contributed by atoms with Crippen LogP contribution in [0.15, 0.2) is 67.3 Å². The Labute approximate surface area is 187 Å². The van der Waals surface area contributed by atoms with Crippen LogP contribution in [0.5, 0.6) is 11.5 Å². The summed E-state index contributed by atoms with van der Waals surface area (Å²) in [5, 5.41) is 9.68. The molecule has 9 nitrogen and oxygen atoms in total. The fraction of sp³-hybridized carbons (Fsp3) is 0.0909. The zero-order valence-electron chi connectivity index (χ0n) is 17.2. The molecule has 10 heteroatoms. The van der Waals surface area contributed by atoms with E-state index in [0.29, 0.717) is 32.6 Å². The zero-order chi connectivity index (χ0) is 22.5. The van der Waals surface area contributed by atoms with E-state index in [1.54, 1.807) is 53.5 Å². The molecule has 4 aromatic rings. The summed E-state index contributed by atoms with van der Waals surface area (Å²) in [6.45, 7) is 0. The summed E-state index contributed by atoms with van der Waals surface area (Å²) >= 11 is 1.09. The Hall–Kier alpha value is -4.18. The van der Waals surface area contributed by atoms with Crippen molar-refractivity contribution in [1.29, 1.82) is 0 Å². The number of nitrogens with one attached hydrogen (secondary N) is 2. The molecular formula is C22H19N5O4S. The molecule has 0 saturated heterocycles. The van der Waals surface area contributed by atoms with Gasteiger partial charge in [-0.05, 0) is 48.5 Å². The number of para-hydroxylation sites is 1. The van der Waals surface area contributed by atoms with Crippen molar-refractivity contribution in [2.45, 2.75) is 0 Å². The number of ether oxygens (including phenoxy) is 2. The summed E-state index contributed by atoms with van der Waals surface area (Å²) in [6.07, 6.45) is 3.04. The molecule has 0 radical (unpaired) electrons. The van der Waals surface area contributed by atoms with Gasteiger partial charge in [0, 0.05) is 5.69 Å². The number of nitrogens with zero attached hydrogens (tertiary/aromatic N) is 3. The van der Waals surface area contributed by atoms with Crippen LogP contribution in [0.3, 0.4) is 0 Å². The standard InChI is InChI=1S/C22H19N5O4S/c1-30-17-5-3-4-16(20(17)31-2)26-22(29)19-11-10-18(32-19)21(28)25-14-6-8-15(9-7-14)27-13-23-12-24-27/h3-13H,1-2H3,(H,25,28)(H,26,29). The van der Waals surface area contributed by atoms with E-state index < -0.39 is 0 Å². The number of amides is 2. The summed E-state index contributed by atoms with van der Waals surface area (Å²) in [5.74, 6) is 0.276. The van der Waals surface area contributed by atoms with Gasteiger partial charge in [0.1, 0.15) is 12.7 Å². The van der Waals surface area contributed by atoms with Gasteiger partial charge in [-0.25, -0.2) is 9.67 Å². The lowest BCUT2D eigenvalue weighted by Crippen LogP contribution is -2.12. The molecule has 4 rings (SSSR count). The molecule has 2 aromatic heterocycles. The van der Waals surface area contributed by atoms with Gasteiger partial charge in [0.25, 0.3) is 11.8 Å². The predicted molar refractivity (Wildman–Crippen MR) is 121 cm³/mol. The molecule has 32 heavy (non-hydrogen) atoms. The van der Waals surface area contributed by atoms with Crippen LogP contribution in [0.25, 0.3) is 5.69 Å². The molecule has 0 aliphatic heterocycles. The van der Waals surface area contributed by atoms with Gasteiger partial charge in [0.2, 0.25) is 0 Å². The van der Waals surface area contributed by atoms with Crippen LogP contribution in [0.1, 0.15) is 19.3 Å². The average molecular weight is 449 g/mol. The average Bonchev–Trinajstić information content (AvgIpc) is 3.52. The largest absolute Gasteiger partial charge is 0.493 e. The Morgan fingerprint density at radius 1 is 0.906 bits per heavy atom. The third kappa shape index (κ3) is 4.44. The van der Waals surface area contributed by atoms with Gasteiger partial charge < -0.3 is 20.1 Å². The minimum absolute atomic E-state index is 0.304. The number of hydrogen-bond donors (Lipinski definition) is 2. The predicted octanol–water partition coefficient (Wildman–Crippen LogP) is 3.85. The van der Waals surface area contributed by atoms with Gasteiger partial charge in [-0.1, -0.05) is 6.07 Å². The summed E-state index contributed by atoms with van der Waals surface area (Å²) in [4.78, 5) is 30.0. The summed E-state index contributed by atoms with van der Waals surface area (Å²) in [7, 11) is 3.02. The minimum Gasteiger partial charge on any atom is -0.493 e. The number of carbonyl (C=O) groups is 2. The highest BCUT2D eigenvalue weighted by molar-refractivity contribution is 7.16. The van der Waals surface area contributed by atoms with Crippen LogP contribution < -0.4 is 20.1 Å². The molecule has 0 aliphatic rings. The molecule has 2 heterocycles. The highest BCUT2D eigenvalue weighted by atomic mass is 32.1. The Morgan fingerprint density at radius 3 is 2.25 bits per heavy atom. The smallest absolute Gasteiger partial charge is 0.265 e. The van der Waals surface area contributed by atoms with E-state index in [1.807, 2.05) is 12.1 Å². The van der Waals surface area contributed by atoms with Gasteiger partial charge >= 0.3 is 0 Å². The highest BCUT2D eigenvalue weighted by Gasteiger charge is 2.17. The van der Waals surface area contributed by atoms with E-state index in [4.69, 9.17) is 9.47 Å². The number of hydrogen-bond acceptors (Lipinski definition) is 7. The number of rotatable bonds is 7. The molecule has 0 spiro atoms. The van der Waals surface area contributed by atoms with Crippen molar-refractivity contribution in [2.75, 3.05) is 24.9 Å². The maximum atomic E-state index is 12.7. The molecule has 2 amide bonds. The van der Waals surface area contributed by atoms with Crippen LogP contribution in [0.4, 0.5) is 11.4 Å². The lowest BCUT2D eigenvalue weighted by molar-refractivity contribution is 0.102. The van der Waals surface area contributed by atoms with Gasteiger partial charge in [0.05, 0.1) is 35.3 Å². The fourth-order valence-electron chi connectivity index (χ4n) is 2.98. The second kappa shape index (κ2) is 9.31. The molecule has 2 N–H and O–H groups in total. The lowest BCUT2D eigenvalue weighted by atomic mass is 10.2. The maximum absolute atomic E-state index is 12.7. The monoisotopic (exact) mass is 449 g/mol. The summed E-state index contributed by atoms with van der Waals surface area (Å²) < 4.78 is 12.2. The molecule has 0 atom stereocenters. The van der Waals surface area contributed by atoms with E-state index in [2.05, 4.69) is 20.7 Å². The van der Waals surface area contributed by atoms with Gasteiger partial charge in [0.15, 0.2) is 11.5 Å². The molecular weight excluding hydrogens is 430 g/mol. The van der Waals surface area contributed by atoms with E-state index in [1.165, 1.54) is 20.5 Å². The Balaban J connectivity index is 1.43. The summed E-state index contributed by atoms with van der Waals surface area (Å²) in [6, 6.07) is 15.6. The van der Waals surface area contributed by atoms with Crippen LogP contribution in [0, 0.1) is 0 Å². The first-order valence-corrected chi connectivity index (χ1v) is 10.3. The topological polar surface area (TPSA) is 107 Å². The van der Waals surface area contributed by atoms with Gasteiger partial charge in [-0.2, -0.15) is 5.10 Å². The molecule has 0 fully saturated rings. The third-order valence-corrected chi connectivity index (χ3v) is 5.60. The Kier molecular flexibility index (Phi) is 6.13. The minimum atomic E-state index is -0.349. The molecule has 0 saturated carbocycles. The molecule has 0 unspecified atom stereocenters. The zero-order valence-corrected chi connectivity index (χ0v) is 18.1. The van der Waals surface area contributed by atoms with Crippen molar-refractivity contribution in [2.24, 2.45) is 0 Å². The van der Waals surface area contributed by atoms with E-state index in [0.717, 1.165) is 17.0 Å². The summed E-state index contributed by atoms with van der Waals surface area (Å²) in [5.41, 5.74) is 1.92. The number of methoxy groups -OCH3 is 2. The van der Waals surface area contributed by atoms with E-state index in [9.17, 15) is 9.59 Å². The molecule has 162 valence electrons.